The summed E-state index contributed by atoms with van der Waals surface area (Å²) < 4.78 is 5.27. The molecule has 1 unspecified atom stereocenters. The zero-order chi connectivity index (χ0) is 10.6. The van der Waals surface area contributed by atoms with Crippen LogP contribution in [0.5, 0.6) is 0 Å². The van der Waals surface area contributed by atoms with Crippen LogP contribution in [-0.2, 0) is 9.53 Å². The van der Waals surface area contributed by atoms with Crippen LogP contribution in [-0.4, -0.2) is 25.7 Å². The van der Waals surface area contributed by atoms with Gasteiger partial charge in [-0.25, -0.2) is 0 Å². The molecule has 1 atom stereocenters. The second-order valence-electron chi connectivity index (χ2n) is 5.02. The van der Waals surface area contributed by atoms with Crippen molar-refractivity contribution < 1.29 is 9.53 Å². The molecular weight excluding hydrogens is 178 g/mol. The molecule has 0 aromatic carbocycles. The summed E-state index contributed by atoms with van der Waals surface area (Å²) >= 11 is 0. The monoisotopic (exact) mass is 199 g/mol. The first-order chi connectivity index (χ1) is 6.50. The van der Waals surface area contributed by atoms with E-state index in [0.717, 1.165) is 32.6 Å². The van der Waals surface area contributed by atoms with Crippen LogP contribution in [0.1, 0.15) is 33.6 Å². The average molecular weight is 199 g/mol. The second-order valence-corrected chi connectivity index (χ2v) is 5.02. The Kier molecular flexibility index (Phi) is 3.93. The number of nitrogens with one attached hydrogen (secondary N) is 1. The predicted molar refractivity (Wildman–Crippen MR) is 56.0 cm³/mol. The van der Waals surface area contributed by atoms with Crippen LogP contribution in [0.3, 0.4) is 0 Å². The molecule has 14 heavy (non-hydrogen) atoms. The van der Waals surface area contributed by atoms with Gasteiger partial charge in [-0.2, -0.15) is 0 Å². The van der Waals surface area contributed by atoms with Crippen LogP contribution in [0.4, 0.5) is 0 Å². The molecule has 1 saturated heterocycles. The SMILES string of the molecule is CC(C)(C)C(=O)NCCC1CCOC1. The standard InChI is InChI=1S/C11H21NO2/c1-11(2,3)10(13)12-6-4-9-5-7-14-8-9/h9H,4-8H2,1-3H3,(H,12,13). The van der Waals surface area contributed by atoms with Crippen molar-refractivity contribution in [3.05, 3.63) is 0 Å². The Balaban J connectivity index is 2.11. The summed E-state index contributed by atoms with van der Waals surface area (Å²) in [5.74, 6) is 0.784. The Labute approximate surface area is 86.2 Å². The summed E-state index contributed by atoms with van der Waals surface area (Å²) in [6.45, 7) is 8.33. The zero-order valence-electron chi connectivity index (χ0n) is 9.43. The van der Waals surface area contributed by atoms with E-state index in [-0.39, 0.29) is 11.3 Å². The van der Waals surface area contributed by atoms with Crippen molar-refractivity contribution in [1.82, 2.24) is 5.32 Å². The maximum absolute atomic E-state index is 11.5. The van der Waals surface area contributed by atoms with Crippen LogP contribution < -0.4 is 5.32 Å². The molecule has 82 valence electrons. The van der Waals surface area contributed by atoms with Gasteiger partial charge in [0, 0.05) is 25.2 Å². The first-order valence-electron chi connectivity index (χ1n) is 5.36. The Morgan fingerprint density at radius 3 is 2.71 bits per heavy atom. The lowest BCUT2D eigenvalue weighted by Crippen LogP contribution is -2.35. The predicted octanol–water partition coefficient (Wildman–Crippen LogP) is 1.58. The normalized spacial score (nSPS) is 22.4. The minimum Gasteiger partial charge on any atom is -0.381 e. The van der Waals surface area contributed by atoms with Crippen LogP contribution in [0.25, 0.3) is 0 Å². The maximum atomic E-state index is 11.5. The Bertz CT molecular complexity index is 190. The maximum Gasteiger partial charge on any atom is 0.225 e. The molecule has 0 radical (unpaired) electrons. The van der Waals surface area contributed by atoms with Crippen molar-refractivity contribution in [3.63, 3.8) is 0 Å². The Hall–Kier alpha value is -0.570. The molecular formula is C11H21NO2. The molecule has 1 fully saturated rings. The lowest BCUT2D eigenvalue weighted by Gasteiger charge is -2.18. The molecule has 0 aromatic heterocycles. The third-order valence-corrected chi connectivity index (χ3v) is 2.54. The van der Waals surface area contributed by atoms with E-state index in [1.54, 1.807) is 0 Å². The number of carbonyl (C=O) groups is 1. The number of ether oxygens (including phenoxy) is 1. The summed E-state index contributed by atoms with van der Waals surface area (Å²) in [7, 11) is 0. The minimum absolute atomic E-state index is 0.136. The molecule has 3 heteroatoms. The van der Waals surface area contributed by atoms with E-state index >= 15 is 0 Å². The number of amides is 1. The minimum atomic E-state index is -0.272. The molecule has 1 heterocycles. The van der Waals surface area contributed by atoms with E-state index in [9.17, 15) is 4.79 Å². The van der Waals surface area contributed by atoms with Crippen molar-refractivity contribution in [2.24, 2.45) is 11.3 Å². The fourth-order valence-electron chi connectivity index (χ4n) is 1.47. The van der Waals surface area contributed by atoms with Gasteiger partial charge >= 0.3 is 0 Å². The van der Waals surface area contributed by atoms with Crippen molar-refractivity contribution >= 4 is 5.91 Å². The molecule has 0 spiro atoms. The highest BCUT2D eigenvalue weighted by atomic mass is 16.5. The lowest BCUT2D eigenvalue weighted by atomic mass is 9.95. The number of rotatable bonds is 3. The van der Waals surface area contributed by atoms with Gasteiger partial charge in [0.2, 0.25) is 5.91 Å². The zero-order valence-corrected chi connectivity index (χ0v) is 9.43. The van der Waals surface area contributed by atoms with Crippen LogP contribution in [0.2, 0.25) is 0 Å². The summed E-state index contributed by atoms with van der Waals surface area (Å²) in [4.78, 5) is 11.5. The molecule has 0 saturated carbocycles. The molecule has 0 aromatic rings. The summed E-state index contributed by atoms with van der Waals surface area (Å²) in [5.41, 5.74) is -0.272. The average Bonchev–Trinajstić information content (AvgIpc) is 2.55. The smallest absolute Gasteiger partial charge is 0.225 e. The van der Waals surface area contributed by atoms with E-state index in [1.807, 2.05) is 20.8 Å². The topological polar surface area (TPSA) is 38.3 Å². The van der Waals surface area contributed by atoms with Crippen LogP contribution in [0.15, 0.2) is 0 Å². The van der Waals surface area contributed by atoms with Gasteiger partial charge in [0.15, 0.2) is 0 Å². The largest absolute Gasteiger partial charge is 0.381 e. The third kappa shape index (κ3) is 3.66. The Morgan fingerprint density at radius 2 is 2.21 bits per heavy atom. The molecule has 3 nitrogen and oxygen atoms in total. The fraction of sp³-hybridized carbons (Fsp3) is 0.909. The lowest BCUT2D eigenvalue weighted by molar-refractivity contribution is -0.128. The van der Waals surface area contributed by atoms with Gasteiger partial charge in [-0.05, 0) is 18.8 Å². The van der Waals surface area contributed by atoms with Crippen LogP contribution in [0, 0.1) is 11.3 Å². The van der Waals surface area contributed by atoms with Crippen molar-refractivity contribution in [2.75, 3.05) is 19.8 Å². The van der Waals surface area contributed by atoms with Crippen molar-refractivity contribution in [2.45, 2.75) is 33.6 Å². The summed E-state index contributed by atoms with van der Waals surface area (Å²) in [6, 6.07) is 0. The van der Waals surface area contributed by atoms with Crippen molar-refractivity contribution in [1.29, 1.82) is 0 Å². The quantitative estimate of drug-likeness (QED) is 0.749. The first kappa shape index (κ1) is 11.5. The third-order valence-electron chi connectivity index (χ3n) is 2.54. The number of carbonyl (C=O) groups excluding carboxylic acids is 1. The van der Waals surface area contributed by atoms with Gasteiger partial charge < -0.3 is 10.1 Å². The van der Waals surface area contributed by atoms with E-state index in [4.69, 9.17) is 4.74 Å². The number of hydrogen-bond acceptors (Lipinski definition) is 2. The van der Waals surface area contributed by atoms with Gasteiger partial charge in [0.25, 0.3) is 0 Å². The molecule has 0 bridgehead atoms. The summed E-state index contributed by atoms with van der Waals surface area (Å²) in [5, 5.41) is 2.96. The van der Waals surface area contributed by atoms with Crippen LogP contribution >= 0.6 is 0 Å². The van der Waals surface area contributed by atoms with Gasteiger partial charge in [0.05, 0.1) is 0 Å². The summed E-state index contributed by atoms with van der Waals surface area (Å²) in [6.07, 6.45) is 2.19. The van der Waals surface area contributed by atoms with Gasteiger partial charge in [0.1, 0.15) is 0 Å². The van der Waals surface area contributed by atoms with E-state index in [1.165, 1.54) is 0 Å². The fourth-order valence-corrected chi connectivity index (χ4v) is 1.47. The van der Waals surface area contributed by atoms with Crippen molar-refractivity contribution in [3.8, 4) is 0 Å². The molecule has 1 N–H and O–H groups in total. The first-order valence-corrected chi connectivity index (χ1v) is 5.36. The van der Waals surface area contributed by atoms with E-state index in [0.29, 0.717) is 5.92 Å². The molecule has 1 amide bonds. The highest BCUT2D eigenvalue weighted by Gasteiger charge is 2.21. The molecule has 1 aliphatic heterocycles. The van der Waals surface area contributed by atoms with Gasteiger partial charge in [-0.15, -0.1) is 0 Å². The van der Waals surface area contributed by atoms with Gasteiger partial charge in [-0.3, -0.25) is 4.79 Å². The highest BCUT2D eigenvalue weighted by molar-refractivity contribution is 5.81. The molecule has 0 aliphatic carbocycles. The van der Waals surface area contributed by atoms with E-state index in [2.05, 4.69) is 5.32 Å². The molecule has 1 aliphatic rings. The molecule has 1 rings (SSSR count). The Morgan fingerprint density at radius 1 is 1.50 bits per heavy atom. The second kappa shape index (κ2) is 4.78. The van der Waals surface area contributed by atoms with Gasteiger partial charge in [-0.1, -0.05) is 20.8 Å². The highest BCUT2D eigenvalue weighted by Crippen LogP contribution is 2.16. The number of hydrogen-bond donors (Lipinski definition) is 1. The van der Waals surface area contributed by atoms with E-state index < -0.39 is 0 Å².